The molecule has 29 heavy (non-hydrogen) atoms. The third-order valence-corrected chi connectivity index (χ3v) is 5.97. The van der Waals surface area contributed by atoms with Crippen molar-refractivity contribution < 1.29 is 23.9 Å². The van der Waals surface area contributed by atoms with Crippen molar-refractivity contribution in [1.82, 2.24) is 9.80 Å². The van der Waals surface area contributed by atoms with Crippen LogP contribution in [-0.2, 0) is 9.59 Å². The molecular weight excluding hydrogens is 374 g/mol. The molecule has 8 heteroatoms. The summed E-state index contributed by atoms with van der Waals surface area (Å²) in [6, 6.07) is 5.13. The third-order valence-electron chi connectivity index (χ3n) is 5.97. The van der Waals surface area contributed by atoms with E-state index in [1.54, 1.807) is 30.2 Å². The van der Waals surface area contributed by atoms with Crippen LogP contribution in [0.25, 0.3) is 0 Å². The Balaban J connectivity index is 1.54. The van der Waals surface area contributed by atoms with Gasteiger partial charge in [0.2, 0.25) is 11.8 Å². The van der Waals surface area contributed by atoms with E-state index >= 15 is 0 Å². The first-order chi connectivity index (χ1) is 13.9. The molecule has 0 spiro atoms. The maximum atomic E-state index is 12.8. The van der Waals surface area contributed by atoms with E-state index in [0.717, 1.165) is 0 Å². The first-order valence-electron chi connectivity index (χ1n) is 10.0. The molecule has 2 aliphatic heterocycles. The molecular formula is C21H29N3O5. The lowest BCUT2D eigenvalue weighted by atomic mass is 9.91. The molecule has 0 aliphatic carbocycles. The Morgan fingerprint density at radius 3 is 1.97 bits per heavy atom. The zero-order chi connectivity index (χ0) is 21.0. The summed E-state index contributed by atoms with van der Waals surface area (Å²) < 4.78 is 10.5. The minimum atomic E-state index is -0.279. The Morgan fingerprint density at radius 1 is 0.862 bits per heavy atom. The van der Waals surface area contributed by atoms with E-state index in [1.807, 2.05) is 4.90 Å². The Hall–Kier alpha value is -2.77. The monoisotopic (exact) mass is 403 g/mol. The minimum Gasteiger partial charge on any atom is -0.493 e. The smallest absolute Gasteiger partial charge is 0.253 e. The number of benzene rings is 1. The topological polar surface area (TPSA) is 102 Å². The van der Waals surface area contributed by atoms with Gasteiger partial charge >= 0.3 is 0 Å². The number of rotatable bonds is 5. The van der Waals surface area contributed by atoms with Crippen molar-refractivity contribution in [3.8, 4) is 11.5 Å². The highest BCUT2D eigenvalue weighted by molar-refractivity contribution is 5.95. The highest BCUT2D eigenvalue weighted by Gasteiger charge is 2.33. The van der Waals surface area contributed by atoms with Crippen LogP contribution in [0.3, 0.4) is 0 Å². The van der Waals surface area contributed by atoms with Gasteiger partial charge in [0.25, 0.3) is 5.91 Å². The van der Waals surface area contributed by atoms with Gasteiger partial charge in [-0.1, -0.05) is 0 Å². The molecule has 1 aromatic rings. The number of hydrogen-bond acceptors (Lipinski definition) is 5. The van der Waals surface area contributed by atoms with Gasteiger partial charge in [0, 0.05) is 43.6 Å². The molecule has 158 valence electrons. The standard InChI is InChI=1S/C21H29N3O5/c1-28-17-4-3-16(13-18(17)29-2)21(27)24-11-7-15(8-12-24)20(26)23-9-5-14(6-10-23)19(22)25/h3-4,13-15H,5-12H2,1-2H3,(H2,22,25). The van der Waals surface area contributed by atoms with Crippen molar-refractivity contribution in [2.45, 2.75) is 25.7 Å². The van der Waals surface area contributed by atoms with Crippen LogP contribution in [-0.4, -0.2) is 67.9 Å². The summed E-state index contributed by atoms with van der Waals surface area (Å²) in [4.78, 5) is 40.6. The molecule has 8 nitrogen and oxygen atoms in total. The number of ether oxygens (including phenoxy) is 2. The fraction of sp³-hybridized carbons (Fsp3) is 0.571. The Morgan fingerprint density at radius 2 is 1.41 bits per heavy atom. The first kappa shape index (κ1) is 21.0. The van der Waals surface area contributed by atoms with Crippen LogP contribution >= 0.6 is 0 Å². The van der Waals surface area contributed by atoms with Gasteiger partial charge in [0.15, 0.2) is 11.5 Å². The lowest BCUT2D eigenvalue weighted by molar-refractivity contribution is -0.139. The number of nitrogens with zero attached hydrogens (tertiary/aromatic N) is 2. The molecule has 0 bridgehead atoms. The lowest BCUT2D eigenvalue weighted by Gasteiger charge is -2.36. The Kier molecular flexibility index (Phi) is 6.61. The Bertz CT molecular complexity index is 766. The SMILES string of the molecule is COc1ccc(C(=O)N2CCC(C(=O)N3CCC(C(N)=O)CC3)CC2)cc1OC. The molecule has 2 heterocycles. The largest absolute Gasteiger partial charge is 0.493 e. The van der Waals surface area contributed by atoms with Gasteiger partial charge in [-0.3, -0.25) is 14.4 Å². The van der Waals surface area contributed by atoms with E-state index in [2.05, 4.69) is 0 Å². The number of amides is 3. The molecule has 3 rings (SSSR count). The average Bonchev–Trinajstić information content (AvgIpc) is 2.77. The summed E-state index contributed by atoms with van der Waals surface area (Å²) in [5.41, 5.74) is 5.91. The van der Waals surface area contributed by atoms with Gasteiger partial charge in [-0.2, -0.15) is 0 Å². The molecule has 1 aromatic carbocycles. The van der Waals surface area contributed by atoms with Crippen LogP contribution in [0.5, 0.6) is 11.5 Å². The fourth-order valence-corrected chi connectivity index (χ4v) is 4.12. The molecule has 3 amide bonds. The quantitative estimate of drug-likeness (QED) is 0.798. The lowest BCUT2D eigenvalue weighted by Crippen LogP contribution is -2.47. The van der Waals surface area contributed by atoms with Gasteiger partial charge in [0.05, 0.1) is 14.2 Å². The van der Waals surface area contributed by atoms with Gasteiger partial charge < -0.3 is 25.0 Å². The van der Waals surface area contributed by atoms with Crippen molar-refractivity contribution in [1.29, 1.82) is 0 Å². The molecule has 2 aliphatic rings. The zero-order valence-electron chi connectivity index (χ0n) is 17.1. The summed E-state index contributed by atoms with van der Waals surface area (Å²) in [5, 5.41) is 0. The summed E-state index contributed by atoms with van der Waals surface area (Å²) in [7, 11) is 3.09. The molecule has 0 atom stereocenters. The van der Waals surface area contributed by atoms with E-state index in [-0.39, 0.29) is 29.6 Å². The molecule has 2 N–H and O–H groups in total. The molecule has 0 unspecified atom stereocenters. The highest BCUT2D eigenvalue weighted by Crippen LogP contribution is 2.29. The van der Waals surface area contributed by atoms with Crippen molar-refractivity contribution in [2.24, 2.45) is 17.6 Å². The van der Waals surface area contributed by atoms with Crippen LogP contribution in [0.15, 0.2) is 18.2 Å². The maximum Gasteiger partial charge on any atom is 0.253 e. The fourth-order valence-electron chi connectivity index (χ4n) is 4.12. The van der Waals surface area contributed by atoms with Gasteiger partial charge in [-0.15, -0.1) is 0 Å². The predicted molar refractivity (Wildman–Crippen MR) is 107 cm³/mol. The average molecular weight is 403 g/mol. The number of piperidine rings is 2. The number of likely N-dealkylation sites (tertiary alicyclic amines) is 2. The van der Waals surface area contributed by atoms with Crippen molar-refractivity contribution >= 4 is 17.7 Å². The number of methoxy groups -OCH3 is 2. The minimum absolute atomic E-state index is 0.0703. The summed E-state index contributed by atoms with van der Waals surface area (Å²) in [5.74, 6) is 0.676. The second-order valence-corrected chi connectivity index (χ2v) is 7.64. The van der Waals surface area contributed by atoms with Crippen LogP contribution in [0.2, 0.25) is 0 Å². The van der Waals surface area contributed by atoms with Gasteiger partial charge in [-0.05, 0) is 43.9 Å². The molecule has 2 fully saturated rings. The van der Waals surface area contributed by atoms with E-state index in [0.29, 0.717) is 68.9 Å². The van der Waals surface area contributed by atoms with Crippen LogP contribution in [0.1, 0.15) is 36.0 Å². The second kappa shape index (κ2) is 9.15. The van der Waals surface area contributed by atoms with E-state index in [1.165, 1.54) is 7.11 Å². The summed E-state index contributed by atoms with van der Waals surface area (Å²) in [6.07, 6.45) is 2.57. The van der Waals surface area contributed by atoms with Gasteiger partial charge in [-0.25, -0.2) is 0 Å². The normalized spacial score (nSPS) is 18.4. The summed E-state index contributed by atoms with van der Waals surface area (Å²) >= 11 is 0. The predicted octanol–water partition coefficient (Wildman–Crippen LogP) is 1.28. The van der Waals surface area contributed by atoms with Crippen LogP contribution in [0.4, 0.5) is 0 Å². The van der Waals surface area contributed by atoms with Crippen LogP contribution in [0, 0.1) is 11.8 Å². The second-order valence-electron chi connectivity index (χ2n) is 7.64. The maximum absolute atomic E-state index is 12.8. The number of carbonyl (C=O) groups is 3. The zero-order valence-corrected chi connectivity index (χ0v) is 17.1. The molecule has 2 saturated heterocycles. The van der Waals surface area contributed by atoms with Gasteiger partial charge in [0.1, 0.15) is 0 Å². The highest BCUT2D eigenvalue weighted by atomic mass is 16.5. The third kappa shape index (κ3) is 4.63. The molecule has 0 aromatic heterocycles. The Labute approximate surface area is 170 Å². The number of primary amides is 1. The number of hydrogen-bond donors (Lipinski definition) is 1. The summed E-state index contributed by atoms with van der Waals surface area (Å²) in [6.45, 7) is 2.25. The number of nitrogens with two attached hydrogens (primary N) is 1. The van der Waals surface area contributed by atoms with Crippen molar-refractivity contribution in [3.05, 3.63) is 23.8 Å². The molecule has 0 radical (unpaired) electrons. The molecule has 0 saturated carbocycles. The first-order valence-corrected chi connectivity index (χ1v) is 10.0. The van der Waals surface area contributed by atoms with E-state index in [9.17, 15) is 14.4 Å². The number of carbonyl (C=O) groups excluding carboxylic acids is 3. The van der Waals surface area contributed by atoms with E-state index in [4.69, 9.17) is 15.2 Å². The van der Waals surface area contributed by atoms with E-state index < -0.39 is 0 Å². The van der Waals surface area contributed by atoms with Crippen LogP contribution < -0.4 is 15.2 Å². The van der Waals surface area contributed by atoms with Crippen molar-refractivity contribution in [2.75, 3.05) is 40.4 Å². The van der Waals surface area contributed by atoms with Crippen molar-refractivity contribution in [3.63, 3.8) is 0 Å².